The molecule has 0 heterocycles. The van der Waals surface area contributed by atoms with E-state index in [9.17, 15) is 4.79 Å². The summed E-state index contributed by atoms with van der Waals surface area (Å²) in [6.07, 6.45) is 0. The summed E-state index contributed by atoms with van der Waals surface area (Å²) in [4.78, 5) is 11.6. The highest BCUT2D eigenvalue weighted by Gasteiger charge is 2.09. The van der Waals surface area contributed by atoms with Gasteiger partial charge in [0, 0.05) is 23.2 Å². The molecule has 0 saturated heterocycles. The first-order valence-corrected chi connectivity index (χ1v) is 7.74. The summed E-state index contributed by atoms with van der Waals surface area (Å²) in [6.45, 7) is 1.51. The molecule has 1 N–H and O–H groups in total. The Labute approximate surface area is 140 Å². The molecule has 1 amide bonds. The summed E-state index contributed by atoms with van der Waals surface area (Å²) < 4.78 is 0. The zero-order valence-electron chi connectivity index (χ0n) is 12.7. The second-order valence-electron chi connectivity index (χ2n) is 5.32. The van der Waals surface area contributed by atoms with Crippen LogP contribution in [0.1, 0.15) is 6.92 Å². The average molecular weight is 322 g/mol. The highest BCUT2D eigenvalue weighted by molar-refractivity contribution is 6.30. The Hall–Kier alpha value is -2.58. The largest absolute Gasteiger partial charge is 0.326 e. The van der Waals surface area contributed by atoms with Gasteiger partial charge in [0.2, 0.25) is 5.91 Å². The van der Waals surface area contributed by atoms with E-state index in [1.165, 1.54) is 6.92 Å². The maximum Gasteiger partial charge on any atom is 0.221 e. The van der Waals surface area contributed by atoms with Gasteiger partial charge in [0.25, 0.3) is 0 Å². The monoisotopic (exact) mass is 321 g/mol. The molecule has 3 aromatic carbocycles. The Bertz CT molecular complexity index is 843. The zero-order valence-corrected chi connectivity index (χ0v) is 13.5. The molecule has 2 nitrogen and oxygen atoms in total. The molecule has 3 aromatic rings. The quantitative estimate of drug-likeness (QED) is 0.665. The van der Waals surface area contributed by atoms with Crippen LogP contribution in [0.2, 0.25) is 5.02 Å². The smallest absolute Gasteiger partial charge is 0.221 e. The minimum atomic E-state index is -0.0986. The predicted octanol–water partition coefficient (Wildman–Crippen LogP) is 5.63. The van der Waals surface area contributed by atoms with Gasteiger partial charge in [-0.15, -0.1) is 0 Å². The van der Waals surface area contributed by atoms with Gasteiger partial charge >= 0.3 is 0 Å². The van der Waals surface area contributed by atoms with Crippen molar-refractivity contribution in [2.75, 3.05) is 5.32 Å². The summed E-state index contributed by atoms with van der Waals surface area (Å²) >= 11 is 6.09. The second kappa shape index (κ2) is 6.67. The van der Waals surface area contributed by atoms with Crippen molar-refractivity contribution >= 4 is 23.2 Å². The van der Waals surface area contributed by atoms with Crippen LogP contribution in [0.5, 0.6) is 0 Å². The van der Waals surface area contributed by atoms with Crippen LogP contribution in [0.4, 0.5) is 5.69 Å². The van der Waals surface area contributed by atoms with Crippen LogP contribution in [-0.4, -0.2) is 5.91 Å². The number of nitrogens with one attached hydrogen (secondary N) is 1. The molecule has 3 heteroatoms. The van der Waals surface area contributed by atoms with E-state index < -0.39 is 0 Å². The Kier molecular flexibility index (Phi) is 4.45. The van der Waals surface area contributed by atoms with E-state index in [4.69, 9.17) is 11.6 Å². The molecule has 0 aliphatic rings. The van der Waals surface area contributed by atoms with Crippen molar-refractivity contribution in [1.82, 2.24) is 0 Å². The molecule has 114 valence electrons. The third-order valence-corrected chi connectivity index (χ3v) is 3.81. The third kappa shape index (κ3) is 3.61. The number of carbonyl (C=O) groups is 1. The third-order valence-electron chi connectivity index (χ3n) is 3.57. The number of amides is 1. The number of carbonyl (C=O) groups excluding carboxylic acids is 1. The van der Waals surface area contributed by atoms with Gasteiger partial charge in [-0.2, -0.15) is 0 Å². The van der Waals surface area contributed by atoms with E-state index in [0.717, 1.165) is 27.9 Å². The fourth-order valence-electron chi connectivity index (χ4n) is 2.56. The summed E-state index contributed by atoms with van der Waals surface area (Å²) in [7, 11) is 0. The van der Waals surface area contributed by atoms with Gasteiger partial charge in [-0.3, -0.25) is 4.79 Å². The summed E-state index contributed by atoms with van der Waals surface area (Å²) in [5.41, 5.74) is 4.86. The van der Waals surface area contributed by atoms with Crippen molar-refractivity contribution in [3.63, 3.8) is 0 Å². The van der Waals surface area contributed by atoms with E-state index in [0.29, 0.717) is 5.02 Å². The van der Waals surface area contributed by atoms with Gasteiger partial charge in [-0.1, -0.05) is 66.2 Å². The van der Waals surface area contributed by atoms with Crippen LogP contribution < -0.4 is 5.32 Å². The number of benzene rings is 3. The fourth-order valence-corrected chi connectivity index (χ4v) is 2.75. The van der Waals surface area contributed by atoms with E-state index in [-0.39, 0.29) is 5.91 Å². The highest BCUT2D eigenvalue weighted by Crippen LogP contribution is 2.33. The lowest BCUT2D eigenvalue weighted by Crippen LogP contribution is -2.07. The van der Waals surface area contributed by atoms with Crippen LogP contribution in [-0.2, 0) is 4.79 Å². The molecule has 0 spiro atoms. The first kappa shape index (κ1) is 15.3. The minimum absolute atomic E-state index is 0.0986. The number of halogens is 1. The van der Waals surface area contributed by atoms with Gasteiger partial charge in [-0.05, 0) is 34.9 Å². The topological polar surface area (TPSA) is 29.1 Å². The minimum Gasteiger partial charge on any atom is -0.326 e. The lowest BCUT2D eigenvalue weighted by molar-refractivity contribution is -0.114. The molecule has 0 aliphatic heterocycles. The van der Waals surface area contributed by atoms with Crippen LogP contribution in [0, 0.1) is 0 Å². The molecule has 0 aliphatic carbocycles. The maximum atomic E-state index is 11.6. The van der Waals surface area contributed by atoms with Crippen LogP contribution in [0.25, 0.3) is 22.3 Å². The first-order chi connectivity index (χ1) is 11.1. The normalized spacial score (nSPS) is 10.3. The Balaban J connectivity index is 2.11. The van der Waals surface area contributed by atoms with Gasteiger partial charge in [0.05, 0.1) is 0 Å². The summed E-state index contributed by atoms with van der Waals surface area (Å²) in [5, 5.41) is 3.59. The lowest BCUT2D eigenvalue weighted by Gasteiger charge is -2.13. The number of rotatable bonds is 3. The molecule has 0 saturated carbocycles. The van der Waals surface area contributed by atoms with Crippen molar-refractivity contribution < 1.29 is 4.79 Å². The van der Waals surface area contributed by atoms with Crippen molar-refractivity contribution in [2.45, 2.75) is 6.92 Å². The Morgan fingerprint density at radius 2 is 1.57 bits per heavy atom. The highest BCUT2D eigenvalue weighted by atomic mass is 35.5. The van der Waals surface area contributed by atoms with Crippen LogP contribution in [0.3, 0.4) is 0 Å². The molecule has 23 heavy (non-hydrogen) atoms. The van der Waals surface area contributed by atoms with Crippen molar-refractivity contribution in [3.8, 4) is 22.3 Å². The van der Waals surface area contributed by atoms with Crippen LogP contribution in [0.15, 0.2) is 72.8 Å². The van der Waals surface area contributed by atoms with Crippen molar-refractivity contribution in [3.05, 3.63) is 77.8 Å². The summed E-state index contributed by atoms with van der Waals surface area (Å²) in [5.74, 6) is -0.0986. The van der Waals surface area contributed by atoms with E-state index >= 15 is 0 Å². The molecule has 3 rings (SSSR count). The Morgan fingerprint density at radius 3 is 2.26 bits per heavy atom. The van der Waals surface area contributed by atoms with E-state index in [1.54, 1.807) is 0 Å². The first-order valence-electron chi connectivity index (χ1n) is 7.36. The fraction of sp³-hybridized carbons (Fsp3) is 0.0500. The SMILES string of the molecule is CC(=O)Nc1cc(-c2ccccc2)ccc1-c1cccc(Cl)c1. The number of hydrogen-bond donors (Lipinski definition) is 1. The maximum absolute atomic E-state index is 11.6. The molecule has 0 aromatic heterocycles. The van der Waals surface area contributed by atoms with Gasteiger partial charge in [0.1, 0.15) is 0 Å². The molecule has 0 bridgehead atoms. The molecule has 0 radical (unpaired) electrons. The molecular formula is C20H16ClNO. The van der Waals surface area contributed by atoms with Gasteiger partial charge in [-0.25, -0.2) is 0 Å². The zero-order chi connectivity index (χ0) is 16.2. The second-order valence-corrected chi connectivity index (χ2v) is 5.75. The standard InChI is InChI=1S/C20H16ClNO/c1-14(23)22-20-13-16(15-6-3-2-4-7-15)10-11-19(20)17-8-5-9-18(21)12-17/h2-13H,1H3,(H,22,23). The van der Waals surface area contributed by atoms with E-state index in [1.807, 2.05) is 66.7 Å². The number of hydrogen-bond acceptors (Lipinski definition) is 1. The van der Waals surface area contributed by atoms with Crippen LogP contribution >= 0.6 is 11.6 Å². The average Bonchev–Trinajstić information content (AvgIpc) is 2.55. The molecule has 0 unspecified atom stereocenters. The van der Waals surface area contributed by atoms with E-state index in [2.05, 4.69) is 11.4 Å². The summed E-state index contributed by atoms with van der Waals surface area (Å²) in [6, 6.07) is 23.7. The molecular weight excluding hydrogens is 306 g/mol. The molecule has 0 fully saturated rings. The number of anilines is 1. The van der Waals surface area contributed by atoms with Crippen molar-refractivity contribution in [2.24, 2.45) is 0 Å². The Morgan fingerprint density at radius 1 is 0.826 bits per heavy atom. The molecule has 0 atom stereocenters. The van der Waals surface area contributed by atoms with Gasteiger partial charge < -0.3 is 5.32 Å². The predicted molar refractivity (Wildman–Crippen MR) is 96.6 cm³/mol. The van der Waals surface area contributed by atoms with Gasteiger partial charge in [0.15, 0.2) is 0 Å². The van der Waals surface area contributed by atoms with Crippen molar-refractivity contribution in [1.29, 1.82) is 0 Å². The lowest BCUT2D eigenvalue weighted by atomic mass is 9.98.